The lowest BCUT2D eigenvalue weighted by atomic mass is 9.86. The van der Waals surface area contributed by atoms with Gasteiger partial charge >= 0.3 is 0 Å². The van der Waals surface area contributed by atoms with Crippen LogP contribution in [0.25, 0.3) is 0 Å². The molecule has 0 bridgehead atoms. The van der Waals surface area contributed by atoms with Crippen molar-refractivity contribution >= 4 is 17.5 Å². The van der Waals surface area contributed by atoms with E-state index in [0.717, 1.165) is 30.0 Å². The second kappa shape index (κ2) is 7.64. The van der Waals surface area contributed by atoms with Crippen LogP contribution in [-0.2, 0) is 5.41 Å². The van der Waals surface area contributed by atoms with Crippen LogP contribution in [0.2, 0.25) is 0 Å². The van der Waals surface area contributed by atoms with E-state index in [1.54, 1.807) is 6.07 Å². The molecule has 0 radical (unpaired) electrons. The molecule has 0 spiro atoms. The van der Waals surface area contributed by atoms with Gasteiger partial charge in [-0.05, 0) is 43.9 Å². The number of anilines is 2. The third kappa shape index (κ3) is 4.56. The highest BCUT2D eigenvalue weighted by atomic mass is 16.1. The van der Waals surface area contributed by atoms with Crippen molar-refractivity contribution in [2.75, 3.05) is 23.3 Å². The van der Waals surface area contributed by atoms with E-state index in [1.165, 1.54) is 0 Å². The monoisotopic (exact) mass is 340 g/mol. The minimum atomic E-state index is -0.212. The summed E-state index contributed by atoms with van der Waals surface area (Å²) in [6, 6.07) is 9.61. The first-order valence-electron chi connectivity index (χ1n) is 8.77. The molecule has 1 N–H and O–H groups in total. The molecule has 0 fully saturated rings. The highest BCUT2D eigenvalue weighted by Gasteiger charge is 2.20. The van der Waals surface area contributed by atoms with E-state index in [9.17, 15) is 4.79 Å². The third-order valence-corrected chi connectivity index (χ3v) is 4.10. The van der Waals surface area contributed by atoms with Gasteiger partial charge in [0.05, 0.1) is 0 Å². The van der Waals surface area contributed by atoms with Gasteiger partial charge in [-0.1, -0.05) is 39.0 Å². The minimum absolute atomic E-state index is 0.0577. The Morgan fingerprint density at radius 2 is 1.76 bits per heavy atom. The number of hydrogen-bond donors (Lipinski definition) is 1. The van der Waals surface area contributed by atoms with Crippen LogP contribution in [0.4, 0.5) is 11.6 Å². The van der Waals surface area contributed by atoms with Crippen molar-refractivity contribution in [1.29, 1.82) is 0 Å². The quantitative estimate of drug-likeness (QED) is 0.887. The zero-order valence-electron chi connectivity index (χ0n) is 16.1. The van der Waals surface area contributed by atoms with Gasteiger partial charge in [0.2, 0.25) is 5.95 Å². The lowest BCUT2D eigenvalue weighted by molar-refractivity contribution is 0.102. The molecule has 1 amide bonds. The molecule has 0 saturated heterocycles. The van der Waals surface area contributed by atoms with Crippen LogP contribution in [0.15, 0.2) is 30.3 Å². The topological polar surface area (TPSA) is 58.1 Å². The lowest BCUT2D eigenvalue weighted by Gasteiger charge is -2.23. The number of rotatable bonds is 5. The molecule has 0 aliphatic carbocycles. The predicted octanol–water partition coefficient (Wildman–Crippen LogP) is 4.18. The summed E-state index contributed by atoms with van der Waals surface area (Å²) in [7, 11) is 0. The number of carbonyl (C=O) groups excluding carboxylic acids is 1. The van der Waals surface area contributed by atoms with Crippen LogP contribution in [0, 0.1) is 6.92 Å². The normalized spacial score (nSPS) is 11.3. The number of para-hydroxylation sites is 1. The standard InChI is InChI=1S/C20H28N4O/c1-7-24(8-2)19-21-14(3)13-17(23-19)18(25)22-16-12-10-9-11-15(16)20(4,5)6/h9-13H,7-8H2,1-6H3,(H,22,25). The van der Waals surface area contributed by atoms with Gasteiger partial charge in [-0.25, -0.2) is 9.97 Å². The second-order valence-corrected chi connectivity index (χ2v) is 7.12. The Balaban J connectivity index is 2.34. The molecule has 1 aromatic heterocycles. The van der Waals surface area contributed by atoms with Crippen molar-refractivity contribution in [3.05, 3.63) is 47.3 Å². The SMILES string of the molecule is CCN(CC)c1nc(C)cc(C(=O)Nc2ccccc2C(C)(C)C)n1. The highest BCUT2D eigenvalue weighted by molar-refractivity contribution is 6.03. The van der Waals surface area contributed by atoms with E-state index in [4.69, 9.17) is 0 Å². The Bertz CT molecular complexity index is 746. The van der Waals surface area contributed by atoms with Crippen molar-refractivity contribution in [3.63, 3.8) is 0 Å². The number of nitrogens with one attached hydrogen (secondary N) is 1. The van der Waals surface area contributed by atoms with Gasteiger partial charge in [0.1, 0.15) is 5.69 Å². The Kier molecular flexibility index (Phi) is 5.77. The van der Waals surface area contributed by atoms with Crippen molar-refractivity contribution in [2.24, 2.45) is 0 Å². The van der Waals surface area contributed by atoms with Crippen molar-refractivity contribution in [2.45, 2.75) is 47.0 Å². The van der Waals surface area contributed by atoms with Crippen LogP contribution in [0.1, 0.15) is 56.4 Å². The number of aromatic nitrogens is 2. The summed E-state index contributed by atoms with van der Waals surface area (Å²) >= 11 is 0. The molecule has 134 valence electrons. The zero-order valence-corrected chi connectivity index (χ0v) is 16.1. The maximum atomic E-state index is 12.8. The fourth-order valence-electron chi connectivity index (χ4n) is 2.75. The second-order valence-electron chi connectivity index (χ2n) is 7.12. The Hall–Kier alpha value is -2.43. The lowest BCUT2D eigenvalue weighted by Crippen LogP contribution is -2.26. The molecular formula is C20H28N4O. The van der Waals surface area contributed by atoms with Crippen LogP contribution in [0.3, 0.4) is 0 Å². The van der Waals surface area contributed by atoms with Crippen LogP contribution < -0.4 is 10.2 Å². The largest absolute Gasteiger partial charge is 0.341 e. The molecule has 5 heteroatoms. The summed E-state index contributed by atoms with van der Waals surface area (Å²) in [6.45, 7) is 14.0. The molecule has 5 nitrogen and oxygen atoms in total. The average Bonchev–Trinajstić information content (AvgIpc) is 2.55. The van der Waals surface area contributed by atoms with Gasteiger partial charge in [0.25, 0.3) is 5.91 Å². The van der Waals surface area contributed by atoms with Gasteiger partial charge in [0, 0.05) is 24.5 Å². The summed E-state index contributed by atoms with van der Waals surface area (Å²) in [5, 5.41) is 3.02. The van der Waals surface area contributed by atoms with E-state index >= 15 is 0 Å². The fraction of sp³-hybridized carbons (Fsp3) is 0.450. The zero-order chi connectivity index (χ0) is 18.6. The van der Waals surface area contributed by atoms with Gasteiger partial charge in [0.15, 0.2) is 0 Å². The van der Waals surface area contributed by atoms with Gasteiger partial charge < -0.3 is 10.2 Å². The highest BCUT2D eigenvalue weighted by Crippen LogP contribution is 2.29. The Morgan fingerprint density at radius 3 is 2.36 bits per heavy atom. The molecule has 25 heavy (non-hydrogen) atoms. The van der Waals surface area contributed by atoms with Gasteiger partial charge in [-0.3, -0.25) is 4.79 Å². The molecule has 0 saturated carbocycles. The van der Waals surface area contributed by atoms with Crippen molar-refractivity contribution in [1.82, 2.24) is 9.97 Å². The molecule has 1 aromatic carbocycles. The number of nitrogens with zero attached hydrogens (tertiary/aromatic N) is 3. The van der Waals surface area contributed by atoms with Gasteiger partial charge in [-0.15, -0.1) is 0 Å². The average molecular weight is 340 g/mol. The molecule has 0 aliphatic rings. The van der Waals surface area contributed by atoms with Gasteiger partial charge in [-0.2, -0.15) is 0 Å². The molecule has 0 atom stereocenters. The third-order valence-electron chi connectivity index (χ3n) is 4.10. The van der Waals surface area contributed by atoms with Crippen molar-refractivity contribution in [3.8, 4) is 0 Å². The molecule has 2 rings (SSSR count). The van der Waals surface area contributed by atoms with Crippen molar-refractivity contribution < 1.29 is 4.79 Å². The first-order chi connectivity index (χ1) is 11.8. The number of benzene rings is 1. The van der Waals surface area contributed by atoms with E-state index in [-0.39, 0.29) is 11.3 Å². The molecule has 1 heterocycles. The maximum absolute atomic E-state index is 12.8. The Labute approximate surface area is 150 Å². The fourth-order valence-corrected chi connectivity index (χ4v) is 2.75. The van der Waals surface area contributed by atoms with E-state index in [0.29, 0.717) is 11.6 Å². The Morgan fingerprint density at radius 1 is 1.12 bits per heavy atom. The summed E-state index contributed by atoms with van der Waals surface area (Å²) in [5.74, 6) is 0.384. The maximum Gasteiger partial charge on any atom is 0.274 e. The predicted molar refractivity (Wildman–Crippen MR) is 103 cm³/mol. The summed E-state index contributed by atoms with van der Waals surface area (Å²) in [5.41, 5.74) is 3.03. The number of carbonyl (C=O) groups is 1. The smallest absolute Gasteiger partial charge is 0.274 e. The summed E-state index contributed by atoms with van der Waals surface area (Å²) in [6.07, 6.45) is 0. The van der Waals surface area contributed by atoms with Crippen LogP contribution >= 0.6 is 0 Å². The molecule has 2 aromatic rings. The first kappa shape index (κ1) is 18.9. The summed E-state index contributed by atoms with van der Waals surface area (Å²) < 4.78 is 0. The number of amides is 1. The van der Waals surface area contributed by atoms with Crippen LogP contribution in [-0.4, -0.2) is 29.0 Å². The molecule has 0 aliphatic heterocycles. The molecule has 0 unspecified atom stereocenters. The minimum Gasteiger partial charge on any atom is -0.341 e. The first-order valence-corrected chi connectivity index (χ1v) is 8.77. The number of aryl methyl sites for hydroxylation is 1. The van der Waals surface area contributed by atoms with E-state index in [1.807, 2.05) is 36.1 Å². The molecular weight excluding hydrogens is 312 g/mol. The van der Waals surface area contributed by atoms with E-state index < -0.39 is 0 Å². The van der Waals surface area contributed by atoms with E-state index in [2.05, 4.69) is 49.9 Å². The summed E-state index contributed by atoms with van der Waals surface area (Å²) in [4.78, 5) is 23.7. The number of hydrogen-bond acceptors (Lipinski definition) is 4. The van der Waals surface area contributed by atoms with Crippen LogP contribution in [0.5, 0.6) is 0 Å².